The average Bonchev–Trinajstić information content (AvgIpc) is 3.18. The Labute approximate surface area is 340 Å². The predicted molar refractivity (Wildman–Crippen MR) is 230 cm³/mol. The van der Waals surface area contributed by atoms with Crippen LogP contribution < -0.4 is 5.73 Å². The zero-order chi connectivity index (χ0) is 41.2. The van der Waals surface area contributed by atoms with Gasteiger partial charge >= 0.3 is 19.8 Å². The highest BCUT2D eigenvalue weighted by Crippen LogP contribution is 2.43. The van der Waals surface area contributed by atoms with Crippen LogP contribution in [0, 0.1) is 0 Å². The van der Waals surface area contributed by atoms with Gasteiger partial charge in [-0.1, -0.05) is 151 Å². The lowest BCUT2D eigenvalue weighted by Gasteiger charge is -2.19. The molecule has 1 unspecified atom stereocenters. The molecule has 0 aliphatic rings. The van der Waals surface area contributed by atoms with Crippen molar-refractivity contribution in [3.8, 4) is 0 Å². The first-order chi connectivity index (χ1) is 27.2. The summed E-state index contributed by atoms with van der Waals surface area (Å²) in [4.78, 5) is 34.8. The van der Waals surface area contributed by atoms with E-state index in [4.69, 9.17) is 24.3 Å². The lowest BCUT2D eigenvalue weighted by atomic mass is 10.1. The smallest absolute Gasteiger partial charge is 0.462 e. The van der Waals surface area contributed by atoms with Crippen molar-refractivity contribution in [2.24, 2.45) is 5.73 Å². The SMILES string of the molecule is CCCCCCCC/C=C\CCCCCCCCCC(=O)OC[C@H](COP(=O)(O)OCCN)OC(=O)CCC/C=C\C/C=C\C/C=C\C/C=C\C=C\[C@H](O)CC. The largest absolute Gasteiger partial charge is 0.472 e. The Bertz CT molecular complexity index is 1160. The zero-order valence-electron chi connectivity index (χ0n) is 35.0. The number of aliphatic hydroxyl groups is 1. The molecule has 0 saturated carbocycles. The first kappa shape index (κ1) is 53.4. The quantitative estimate of drug-likeness (QED) is 0.0180. The summed E-state index contributed by atoms with van der Waals surface area (Å²) in [6.45, 7) is 3.30. The van der Waals surface area contributed by atoms with E-state index in [-0.39, 0.29) is 38.7 Å². The topological polar surface area (TPSA) is 155 Å². The van der Waals surface area contributed by atoms with Gasteiger partial charge < -0.3 is 25.2 Å². The fourth-order valence-corrected chi connectivity index (χ4v) is 6.15. The highest BCUT2D eigenvalue weighted by molar-refractivity contribution is 7.47. The van der Waals surface area contributed by atoms with Crippen LogP contribution in [0.5, 0.6) is 0 Å². The number of hydrogen-bond acceptors (Lipinski definition) is 9. The Morgan fingerprint density at radius 3 is 1.75 bits per heavy atom. The highest BCUT2D eigenvalue weighted by atomic mass is 31.2. The summed E-state index contributed by atoms with van der Waals surface area (Å²) in [7, 11) is -4.40. The number of allylic oxidation sites excluding steroid dienone is 11. The maximum absolute atomic E-state index is 12.6. The van der Waals surface area contributed by atoms with Crippen LogP contribution >= 0.6 is 7.82 Å². The van der Waals surface area contributed by atoms with Crippen LogP contribution in [-0.2, 0) is 32.7 Å². The number of rotatable bonds is 39. The van der Waals surface area contributed by atoms with E-state index in [9.17, 15) is 24.2 Å². The molecular formula is C45H78NO9P. The van der Waals surface area contributed by atoms with Gasteiger partial charge in [0.25, 0.3) is 0 Å². The van der Waals surface area contributed by atoms with Gasteiger partial charge in [-0.3, -0.25) is 18.6 Å². The lowest BCUT2D eigenvalue weighted by Crippen LogP contribution is -2.29. The first-order valence-electron chi connectivity index (χ1n) is 21.5. The van der Waals surface area contributed by atoms with Gasteiger partial charge in [0.2, 0.25) is 0 Å². The molecule has 0 rings (SSSR count). The number of hydrogen-bond donors (Lipinski definition) is 3. The maximum atomic E-state index is 12.6. The average molecular weight is 808 g/mol. The van der Waals surface area contributed by atoms with E-state index in [1.54, 1.807) is 6.08 Å². The number of carbonyl (C=O) groups excluding carboxylic acids is 2. The Morgan fingerprint density at radius 2 is 1.14 bits per heavy atom. The molecule has 0 aliphatic heterocycles. The molecule has 0 radical (unpaired) electrons. The minimum atomic E-state index is -4.40. The number of carbonyl (C=O) groups is 2. The minimum Gasteiger partial charge on any atom is -0.462 e. The molecule has 10 nitrogen and oxygen atoms in total. The van der Waals surface area contributed by atoms with Crippen LogP contribution in [0.3, 0.4) is 0 Å². The molecule has 0 amide bonds. The molecule has 4 N–H and O–H groups in total. The third-order valence-corrected chi connectivity index (χ3v) is 9.72. The van der Waals surface area contributed by atoms with Gasteiger partial charge in [0.15, 0.2) is 6.10 Å². The van der Waals surface area contributed by atoms with Crippen LogP contribution in [0.25, 0.3) is 0 Å². The molecule has 0 aromatic heterocycles. The number of unbranched alkanes of at least 4 members (excludes halogenated alkanes) is 14. The fraction of sp³-hybridized carbons (Fsp3) is 0.689. The van der Waals surface area contributed by atoms with E-state index in [2.05, 4.69) is 43.4 Å². The summed E-state index contributed by atoms with van der Waals surface area (Å²) in [5, 5.41) is 9.47. The van der Waals surface area contributed by atoms with Gasteiger partial charge in [-0.15, -0.1) is 0 Å². The summed E-state index contributed by atoms with van der Waals surface area (Å²) in [6, 6.07) is 0. The molecule has 56 heavy (non-hydrogen) atoms. The van der Waals surface area contributed by atoms with E-state index >= 15 is 0 Å². The van der Waals surface area contributed by atoms with E-state index < -0.39 is 32.5 Å². The van der Waals surface area contributed by atoms with E-state index in [0.717, 1.165) is 44.9 Å². The molecule has 3 atom stereocenters. The van der Waals surface area contributed by atoms with E-state index in [0.29, 0.717) is 25.7 Å². The fourth-order valence-electron chi connectivity index (χ4n) is 5.38. The third-order valence-electron chi connectivity index (χ3n) is 8.73. The van der Waals surface area contributed by atoms with Crippen molar-refractivity contribution in [2.75, 3.05) is 26.4 Å². The van der Waals surface area contributed by atoms with Crippen molar-refractivity contribution in [2.45, 2.75) is 174 Å². The van der Waals surface area contributed by atoms with Crippen molar-refractivity contribution in [1.82, 2.24) is 0 Å². The Balaban J connectivity index is 4.29. The van der Waals surface area contributed by atoms with Crippen LogP contribution in [0.15, 0.2) is 72.9 Å². The van der Waals surface area contributed by atoms with Crippen LogP contribution in [0.4, 0.5) is 0 Å². The van der Waals surface area contributed by atoms with Gasteiger partial charge in [0.1, 0.15) is 6.61 Å². The number of ether oxygens (including phenoxy) is 2. The number of esters is 2. The van der Waals surface area contributed by atoms with Crippen molar-refractivity contribution in [3.63, 3.8) is 0 Å². The second kappa shape index (κ2) is 40.6. The summed E-state index contributed by atoms with van der Waals surface area (Å²) in [5.74, 6) is -0.926. The molecule has 0 aromatic rings. The molecule has 0 bridgehead atoms. The summed E-state index contributed by atoms with van der Waals surface area (Å²) in [6.07, 6.45) is 46.0. The zero-order valence-corrected chi connectivity index (χ0v) is 35.8. The molecule has 0 heterocycles. The summed E-state index contributed by atoms with van der Waals surface area (Å²) in [5.41, 5.74) is 5.34. The van der Waals surface area contributed by atoms with Crippen molar-refractivity contribution >= 4 is 19.8 Å². The van der Waals surface area contributed by atoms with Crippen molar-refractivity contribution < 1.29 is 42.7 Å². The number of aliphatic hydroxyl groups excluding tert-OH is 1. The standard InChI is InChI=1S/C45H78NO9P/c1-3-5-6-7-8-9-10-11-12-13-14-18-21-24-27-30-33-36-44(48)52-40-43(41-54-56(50,51)53-39-38-46)55-45(49)37-34-31-28-25-22-19-16-15-17-20-23-26-29-32-35-42(47)4-2/h11-12,16-17,19-20,25-26,28-29,32,35,42-43,47H,3-10,13-15,18,21-24,27,30-31,33-34,36-41,46H2,1-2H3,(H,50,51)/b12-11-,19-16-,20-17-,28-25-,29-26-,35-32+/t42-,43-/m1/s1. The second-order valence-electron chi connectivity index (χ2n) is 14.0. The molecule has 0 aromatic carbocycles. The van der Waals surface area contributed by atoms with Gasteiger partial charge in [0.05, 0.1) is 19.3 Å². The van der Waals surface area contributed by atoms with Gasteiger partial charge in [-0.2, -0.15) is 0 Å². The monoisotopic (exact) mass is 808 g/mol. The van der Waals surface area contributed by atoms with Crippen LogP contribution in [0.1, 0.15) is 162 Å². The maximum Gasteiger partial charge on any atom is 0.472 e. The second-order valence-corrected chi connectivity index (χ2v) is 15.5. The number of nitrogens with two attached hydrogens (primary N) is 1. The Kier molecular flexibility index (Phi) is 38.7. The van der Waals surface area contributed by atoms with Gasteiger partial charge in [-0.05, 0) is 70.6 Å². The summed E-state index contributed by atoms with van der Waals surface area (Å²) < 4.78 is 32.7. The van der Waals surface area contributed by atoms with Gasteiger partial charge in [0, 0.05) is 19.4 Å². The normalized spacial score (nSPS) is 14.6. The molecule has 0 spiro atoms. The molecule has 0 saturated heterocycles. The van der Waals surface area contributed by atoms with Crippen molar-refractivity contribution in [1.29, 1.82) is 0 Å². The molecule has 0 aliphatic carbocycles. The van der Waals surface area contributed by atoms with Crippen LogP contribution in [-0.4, -0.2) is 60.5 Å². The lowest BCUT2D eigenvalue weighted by molar-refractivity contribution is -0.161. The Hall–Kier alpha value is -2.59. The molecule has 322 valence electrons. The highest BCUT2D eigenvalue weighted by Gasteiger charge is 2.25. The first-order valence-corrected chi connectivity index (χ1v) is 23.0. The predicted octanol–water partition coefficient (Wildman–Crippen LogP) is 11.2. The third kappa shape index (κ3) is 39.6. The van der Waals surface area contributed by atoms with Crippen LogP contribution in [0.2, 0.25) is 0 Å². The Morgan fingerprint density at radius 1 is 0.625 bits per heavy atom. The minimum absolute atomic E-state index is 0.0344. The molecule has 11 heteroatoms. The summed E-state index contributed by atoms with van der Waals surface area (Å²) >= 11 is 0. The van der Waals surface area contributed by atoms with Gasteiger partial charge in [-0.25, -0.2) is 4.57 Å². The number of phosphoric ester groups is 1. The van der Waals surface area contributed by atoms with Crippen molar-refractivity contribution in [3.05, 3.63) is 72.9 Å². The molecular weight excluding hydrogens is 729 g/mol. The van der Waals surface area contributed by atoms with E-state index in [1.165, 1.54) is 64.2 Å². The number of phosphoric acid groups is 1. The molecule has 0 fully saturated rings. The van der Waals surface area contributed by atoms with E-state index in [1.807, 2.05) is 37.3 Å².